The van der Waals surface area contributed by atoms with E-state index in [1.807, 2.05) is 60.7 Å². The van der Waals surface area contributed by atoms with Gasteiger partial charge in [-0.1, -0.05) is 72.4 Å². The molecule has 4 aromatic rings. The number of thioether (sulfide) groups is 1. The predicted octanol–water partition coefficient (Wildman–Crippen LogP) is 5.33. The van der Waals surface area contributed by atoms with Gasteiger partial charge in [0, 0.05) is 16.9 Å². The molecule has 1 aliphatic rings. The monoisotopic (exact) mass is 476 g/mol. The maximum absolute atomic E-state index is 13.8. The molecule has 0 saturated carbocycles. The summed E-state index contributed by atoms with van der Waals surface area (Å²) in [6.07, 6.45) is 0.684. The van der Waals surface area contributed by atoms with Crippen molar-refractivity contribution in [3.8, 4) is 0 Å². The number of fused-ring (bicyclic) bond motifs is 3. The fraction of sp³-hybridized carbons (Fsp3) is 0.269. The van der Waals surface area contributed by atoms with Crippen LogP contribution in [0.5, 0.6) is 0 Å². The Bertz CT molecular complexity index is 1380. The van der Waals surface area contributed by atoms with Crippen LogP contribution in [0.3, 0.4) is 0 Å². The van der Waals surface area contributed by atoms with Crippen LogP contribution in [0.2, 0.25) is 0 Å². The van der Waals surface area contributed by atoms with E-state index in [1.165, 1.54) is 23.1 Å². The number of hydrogen-bond donors (Lipinski definition) is 0. The summed E-state index contributed by atoms with van der Waals surface area (Å²) < 4.78 is 7.69. The Morgan fingerprint density at radius 3 is 2.55 bits per heavy atom. The first-order valence-electron chi connectivity index (χ1n) is 10.9. The number of ether oxygens (including phenoxy) is 1. The zero-order valence-corrected chi connectivity index (χ0v) is 20.2. The molecule has 1 aliphatic heterocycles. The Hall–Kier alpha value is -2.74. The maximum Gasteiger partial charge on any atom is 0.263 e. The van der Waals surface area contributed by atoms with Crippen molar-refractivity contribution in [1.82, 2.24) is 9.55 Å². The molecule has 0 spiro atoms. The van der Waals surface area contributed by atoms with Crippen molar-refractivity contribution in [2.24, 2.45) is 0 Å². The molecular weight excluding hydrogens is 452 g/mol. The third kappa shape index (κ3) is 4.53. The summed E-state index contributed by atoms with van der Waals surface area (Å²) in [5.41, 5.74) is 2.38. The van der Waals surface area contributed by atoms with E-state index < -0.39 is 0 Å². The SMILES string of the molecule is CC1(C)Cc2c(sc3nc(SCC(=O)c4ccccc4)n(Cc4ccccc4)c(=O)c23)CO1. The van der Waals surface area contributed by atoms with E-state index in [4.69, 9.17) is 9.72 Å². The molecule has 0 fully saturated rings. The lowest BCUT2D eigenvalue weighted by molar-refractivity contribution is -0.0379. The second-order valence-electron chi connectivity index (χ2n) is 8.76. The lowest BCUT2D eigenvalue weighted by Crippen LogP contribution is -2.32. The van der Waals surface area contributed by atoms with Crippen molar-refractivity contribution in [3.05, 3.63) is 92.6 Å². The summed E-state index contributed by atoms with van der Waals surface area (Å²) in [5, 5.41) is 1.26. The molecular formula is C26H24N2O3S2. The van der Waals surface area contributed by atoms with E-state index in [0.717, 1.165) is 20.8 Å². The fourth-order valence-electron chi connectivity index (χ4n) is 4.06. The highest BCUT2D eigenvalue weighted by molar-refractivity contribution is 7.99. The van der Waals surface area contributed by atoms with Gasteiger partial charge in [-0.05, 0) is 25.0 Å². The van der Waals surface area contributed by atoms with E-state index in [1.54, 1.807) is 4.57 Å². The molecule has 5 rings (SSSR count). The molecule has 0 N–H and O–H groups in total. The normalized spacial score (nSPS) is 14.8. The highest BCUT2D eigenvalue weighted by atomic mass is 32.2. The van der Waals surface area contributed by atoms with Gasteiger partial charge >= 0.3 is 0 Å². The predicted molar refractivity (Wildman–Crippen MR) is 133 cm³/mol. The second kappa shape index (κ2) is 8.89. The van der Waals surface area contributed by atoms with Crippen LogP contribution in [-0.2, 0) is 24.3 Å². The number of nitrogens with zero attached hydrogens (tertiary/aromatic N) is 2. The summed E-state index contributed by atoms with van der Waals surface area (Å²) in [4.78, 5) is 33.2. The van der Waals surface area contributed by atoms with E-state index in [0.29, 0.717) is 35.7 Å². The van der Waals surface area contributed by atoms with Gasteiger partial charge in [0.1, 0.15) is 4.83 Å². The lowest BCUT2D eigenvalue weighted by Gasteiger charge is -2.29. The van der Waals surface area contributed by atoms with Crippen LogP contribution in [0.4, 0.5) is 0 Å². The molecule has 0 radical (unpaired) electrons. The van der Waals surface area contributed by atoms with Crippen LogP contribution in [0.15, 0.2) is 70.6 Å². The number of benzene rings is 2. The molecule has 0 bridgehead atoms. The molecule has 0 atom stereocenters. The van der Waals surface area contributed by atoms with E-state index >= 15 is 0 Å². The molecule has 7 heteroatoms. The standard InChI is InChI=1S/C26H24N2O3S2/c1-26(2)13-19-21(15-31-26)33-23-22(19)24(30)28(14-17-9-5-3-6-10-17)25(27-23)32-16-20(29)18-11-7-4-8-12-18/h3-12H,13-16H2,1-2H3. The van der Waals surface area contributed by atoms with Gasteiger partial charge in [-0.3, -0.25) is 14.2 Å². The van der Waals surface area contributed by atoms with Gasteiger partial charge < -0.3 is 4.74 Å². The third-order valence-corrected chi connectivity index (χ3v) is 7.84. The van der Waals surface area contributed by atoms with Crippen LogP contribution in [0.1, 0.15) is 40.2 Å². The molecule has 0 unspecified atom stereocenters. The number of hydrogen-bond acceptors (Lipinski definition) is 6. The summed E-state index contributed by atoms with van der Waals surface area (Å²) in [6.45, 7) is 5.01. The Kier molecular flexibility index (Phi) is 5.95. The van der Waals surface area contributed by atoms with Crippen molar-refractivity contribution in [2.45, 2.75) is 44.2 Å². The first-order valence-corrected chi connectivity index (χ1v) is 12.7. The molecule has 0 saturated heterocycles. The first-order chi connectivity index (χ1) is 15.9. The Labute approximate surface area is 200 Å². The van der Waals surface area contributed by atoms with Crippen molar-refractivity contribution >= 4 is 39.1 Å². The van der Waals surface area contributed by atoms with Gasteiger partial charge in [0.05, 0.1) is 29.9 Å². The zero-order valence-electron chi connectivity index (χ0n) is 18.5. The van der Waals surface area contributed by atoms with Gasteiger partial charge in [0.25, 0.3) is 5.56 Å². The summed E-state index contributed by atoms with van der Waals surface area (Å²) in [6, 6.07) is 19.1. The first kappa shape index (κ1) is 22.1. The summed E-state index contributed by atoms with van der Waals surface area (Å²) in [7, 11) is 0. The Morgan fingerprint density at radius 2 is 1.82 bits per heavy atom. The number of Topliss-reactive ketones (excluding diaryl/α,β-unsaturated/α-hetero) is 1. The molecule has 168 valence electrons. The van der Waals surface area contributed by atoms with Gasteiger partial charge in [-0.15, -0.1) is 11.3 Å². The number of aromatic nitrogens is 2. The molecule has 5 nitrogen and oxygen atoms in total. The zero-order chi connectivity index (χ0) is 23.0. The molecule has 2 aromatic heterocycles. The van der Waals surface area contributed by atoms with Crippen molar-refractivity contribution < 1.29 is 9.53 Å². The Morgan fingerprint density at radius 1 is 1.12 bits per heavy atom. The minimum absolute atomic E-state index is 0.0156. The third-order valence-electron chi connectivity index (χ3n) is 5.77. The van der Waals surface area contributed by atoms with Crippen LogP contribution < -0.4 is 5.56 Å². The average Bonchev–Trinajstić information content (AvgIpc) is 3.17. The number of carbonyl (C=O) groups is 1. The average molecular weight is 477 g/mol. The minimum Gasteiger partial charge on any atom is -0.370 e. The van der Waals surface area contributed by atoms with Gasteiger partial charge in [-0.25, -0.2) is 4.98 Å². The number of ketones is 1. The summed E-state index contributed by atoms with van der Waals surface area (Å²) in [5.74, 6) is 0.236. The largest absolute Gasteiger partial charge is 0.370 e. The van der Waals surface area contributed by atoms with Crippen molar-refractivity contribution in [1.29, 1.82) is 0 Å². The molecule has 0 aliphatic carbocycles. The van der Waals surface area contributed by atoms with Crippen LogP contribution in [0, 0.1) is 0 Å². The van der Waals surface area contributed by atoms with E-state index in [-0.39, 0.29) is 22.7 Å². The highest BCUT2D eigenvalue weighted by Gasteiger charge is 2.31. The van der Waals surface area contributed by atoms with E-state index in [9.17, 15) is 9.59 Å². The number of thiophene rings is 1. The van der Waals surface area contributed by atoms with Gasteiger partial charge in [0.15, 0.2) is 10.9 Å². The minimum atomic E-state index is -0.312. The molecule has 33 heavy (non-hydrogen) atoms. The fourth-order valence-corrected chi connectivity index (χ4v) is 6.10. The topological polar surface area (TPSA) is 61.2 Å². The number of carbonyl (C=O) groups excluding carboxylic acids is 1. The van der Waals surface area contributed by atoms with Gasteiger partial charge in [0.2, 0.25) is 0 Å². The van der Waals surface area contributed by atoms with Crippen LogP contribution >= 0.6 is 23.1 Å². The van der Waals surface area contributed by atoms with Gasteiger partial charge in [-0.2, -0.15) is 0 Å². The molecule has 2 aromatic carbocycles. The molecule has 0 amide bonds. The quantitative estimate of drug-likeness (QED) is 0.214. The lowest BCUT2D eigenvalue weighted by atomic mass is 9.94. The highest BCUT2D eigenvalue weighted by Crippen LogP contribution is 2.37. The second-order valence-corrected chi connectivity index (χ2v) is 10.8. The molecule has 3 heterocycles. The van der Waals surface area contributed by atoms with Crippen molar-refractivity contribution in [2.75, 3.05) is 5.75 Å². The van der Waals surface area contributed by atoms with Crippen molar-refractivity contribution in [3.63, 3.8) is 0 Å². The van der Waals surface area contributed by atoms with E-state index in [2.05, 4.69) is 13.8 Å². The summed E-state index contributed by atoms with van der Waals surface area (Å²) >= 11 is 2.85. The smallest absolute Gasteiger partial charge is 0.263 e. The van der Waals surface area contributed by atoms with Crippen LogP contribution in [-0.4, -0.2) is 26.7 Å². The number of rotatable bonds is 6. The van der Waals surface area contributed by atoms with Crippen LogP contribution in [0.25, 0.3) is 10.2 Å². The maximum atomic E-state index is 13.8. The Balaban J connectivity index is 1.57.